The van der Waals surface area contributed by atoms with Crippen LogP contribution in [0, 0.1) is 0 Å². The van der Waals surface area contributed by atoms with Crippen molar-refractivity contribution in [1.82, 2.24) is 19.7 Å². The maximum Gasteiger partial charge on any atom is 0.295 e. The highest BCUT2D eigenvalue weighted by atomic mass is 35.5. The Hall–Kier alpha value is -2.38. The zero-order valence-electron chi connectivity index (χ0n) is 10.9. The van der Waals surface area contributed by atoms with Crippen molar-refractivity contribution in [2.75, 3.05) is 18.5 Å². The molecule has 21 heavy (non-hydrogen) atoms. The fourth-order valence-corrected chi connectivity index (χ4v) is 2.13. The molecule has 0 aliphatic rings. The second-order valence-corrected chi connectivity index (χ2v) is 4.70. The fraction of sp³-hybridized carbons (Fsp3) is 0.154. The van der Waals surface area contributed by atoms with Gasteiger partial charge in [-0.1, -0.05) is 23.7 Å². The summed E-state index contributed by atoms with van der Waals surface area (Å²) in [7, 11) is 0. The largest absolute Gasteiger partial charge is 0.395 e. The van der Waals surface area contributed by atoms with Gasteiger partial charge in [0.15, 0.2) is 0 Å². The molecule has 0 amide bonds. The van der Waals surface area contributed by atoms with Gasteiger partial charge in [-0.2, -0.15) is 9.78 Å². The van der Waals surface area contributed by atoms with Crippen molar-refractivity contribution < 1.29 is 5.11 Å². The van der Waals surface area contributed by atoms with E-state index in [1.807, 2.05) is 24.3 Å². The van der Waals surface area contributed by atoms with E-state index in [2.05, 4.69) is 20.4 Å². The molecule has 0 aliphatic heterocycles. The SMILES string of the molecule is O=c1c(Cl)c(NCCO)cnn1-c1nc2ccccc2[nH]1. The van der Waals surface area contributed by atoms with Crippen molar-refractivity contribution in [2.24, 2.45) is 0 Å². The van der Waals surface area contributed by atoms with E-state index >= 15 is 0 Å². The van der Waals surface area contributed by atoms with E-state index in [9.17, 15) is 4.79 Å². The van der Waals surface area contributed by atoms with E-state index in [4.69, 9.17) is 16.7 Å². The molecule has 0 aliphatic carbocycles. The van der Waals surface area contributed by atoms with Crippen LogP contribution in [0.15, 0.2) is 35.3 Å². The lowest BCUT2D eigenvalue weighted by molar-refractivity contribution is 0.311. The Morgan fingerprint density at radius 2 is 2.19 bits per heavy atom. The highest BCUT2D eigenvalue weighted by molar-refractivity contribution is 6.32. The lowest BCUT2D eigenvalue weighted by Crippen LogP contribution is -2.24. The molecule has 8 heteroatoms. The molecule has 0 unspecified atom stereocenters. The Morgan fingerprint density at radius 3 is 2.95 bits per heavy atom. The summed E-state index contributed by atoms with van der Waals surface area (Å²) in [6, 6.07) is 7.42. The number of para-hydroxylation sites is 2. The molecule has 1 aromatic carbocycles. The van der Waals surface area contributed by atoms with Crippen LogP contribution in [0.5, 0.6) is 0 Å². The van der Waals surface area contributed by atoms with E-state index in [1.165, 1.54) is 6.20 Å². The number of H-pyrrole nitrogens is 1. The maximum absolute atomic E-state index is 12.2. The predicted molar refractivity (Wildman–Crippen MR) is 80.1 cm³/mol. The lowest BCUT2D eigenvalue weighted by Gasteiger charge is -2.07. The quantitative estimate of drug-likeness (QED) is 0.672. The van der Waals surface area contributed by atoms with Crippen molar-refractivity contribution >= 4 is 28.3 Å². The highest BCUT2D eigenvalue weighted by Gasteiger charge is 2.13. The number of anilines is 1. The van der Waals surface area contributed by atoms with Crippen LogP contribution in [0.1, 0.15) is 0 Å². The Morgan fingerprint density at radius 1 is 1.38 bits per heavy atom. The molecular formula is C13H12ClN5O2. The van der Waals surface area contributed by atoms with E-state index < -0.39 is 5.56 Å². The summed E-state index contributed by atoms with van der Waals surface area (Å²) in [5.74, 6) is 0.303. The average Bonchev–Trinajstić information content (AvgIpc) is 2.92. The van der Waals surface area contributed by atoms with Gasteiger partial charge in [-0.05, 0) is 12.1 Å². The first kappa shape index (κ1) is 13.6. The van der Waals surface area contributed by atoms with Gasteiger partial charge in [0.1, 0.15) is 5.02 Å². The highest BCUT2D eigenvalue weighted by Crippen LogP contribution is 2.17. The third-order valence-electron chi connectivity index (χ3n) is 2.92. The van der Waals surface area contributed by atoms with Gasteiger partial charge >= 0.3 is 0 Å². The molecule has 0 bridgehead atoms. The summed E-state index contributed by atoms with van der Waals surface area (Å²) in [4.78, 5) is 19.6. The number of fused-ring (bicyclic) bond motifs is 1. The summed E-state index contributed by atoms with van der Waals surface area (Å²) in [5.41, 5.74) is 1.43. The molecule has 3 N–H and O–H groups in total. The second kappa shape index (κ2) is 5.55. The molecule has 0 fully saturated rings. The molecule has 0 saturated carbocycles. The molecule has 7 nitrogen and oxygen atoms in total. The molecule has 2 aromatic heterocycles. The van der Waals surface area contributed by atoms with Crippen LogP contribution in [0.4, 0.5) is 5.69 Å². The van der Waals surface area contributed by atoms with Crippen LogP contribution in [0.3, 0.4) is 0 Å². The number of nitrogens with one attached hydrogen (secondary N) is 2. The molecule has 3 aromatic rings. The number of benzene rings is 1. The Kier molecular flexibility index (Phi) is 3.59. The first-order valence-electron chi connectivity index (χ1n) is 6.28. The first-order valence-corrected chi connectivity index (χ1v) is 6.66. The van der Waals surface area contributed by atoms with Crippen molar-refractivity contribution in [2.45, 2.75) is 0 Å². The number of aliphatic hydroxyl groups is 1. The molecule has 3 rings (SSSR count). The van der Waals surface area contributed by atoms with Gasteiger partial charge in [-0.25, -0.2) is 4.98 Å². The zero-order chi connectivity index (χ0) is 14.8. The fourth-order valence-electron chi connectivity index (χ4n) is 1.94. The molecule has 0 saturated heterocycles. The van der Waals surface area contributed by atoms with E-state index in [0.717, 1.165) is 15.7 Å². The van der Waals surface area contributed by atoms with Gasteiger partial charge < -0.3 is 15.4 Å². The van der Waals surface area contributed by atoms with Crippen molar-refractivity contribution in [3.8, 4) is 5.95 Å². The van der Waals surface area contributed by atoms with Gasteiger partial charge in [-0.3, -0.25) is 4.79 Å². The van der Waals surface area contributed by atoms with Crippen LogP contribution < -0.4 is 10.9 Å². The molecule has 108 valence electrons. The van der Waals surface area contributed by atoms with Gasteiger partial charge in [-0.15, -0.1) is 0 Å². The number of rotatable bonds is 4. The molecule has 0 spiro atoms. The van der Waals surface area contributed by atoms with Crippen molar-refractivity contribution in [3.05, 3.63) is 45.8 Å². The van der Waals surface area contributed by atoms with Crippen LogP contribution in [-0.4, -0.2) is 38.0 Å². The van der Waals surface area contributed by atoms with Crippen molar-refractivity contribution in [3.63, 3.8) is 0 Å². The number of nitrogens with zero attached hydrogens (tertiary/aromatic N) is 3. The van der Waals surface area contributed by atoms with E-state index in [0.29, 0.717) is 11.6 Å². The average molecular weight is 306 g/mol. The number of hydrogen-bond donors (Lipinski definition) is 3. The standard InChI is InChI=1S/C13H12ClN5O2/c14-11-10(15-5-6-20)7-16-19(12(11)21)13-17-8-3-1-2-4-9(8)18-13/h1-4,7,15,20H,5-6H2,(H,17,18). The van der Waals surface area contributed by atoms with E-state index in [-0.39, 0.29) is 18.2 Å². The van der Waals surface area contributed by atoms with Gasteiger partial charge in [0.05, 0.1) is 29.5 Å². The second-order valence-electron chi connectivity index (χ2n) is 4.32. The van der Waals surface area contributed by atoms with Crippen molar-refractivity contribution in [1.29, 1.82) is 0 Å². The van der Waals surface area contributed by atoms with Gasteiger partial charge in [0, 0.05) is 6.54 Å². The molecule has 0 radical (unpaired) electrons. The summed E-state index contributed by atoms with van der Waals surface area (Å²) >= 11 is 6.02. The number of imidazole rings is 1. The number of aromatic nitrogens is 4. The lowest BCUT2D eigenvalue weighted by atomic mass is 10.3. The summed E-state index contributed by atoms with van der Waals surface area (Å²) < 4.78 is 1.10. The number of aromatic amines is 1. The number of aliphatic hydroxyl groups excluding tert-OH is 1. The smallest absolute Gasteiger partial charge is 0.295 e. The third kappa shape index (κ3) is 2.48. The topological polar surface area (TPSA) is 95.8 Å². The number of halogens is 1. The van der Waals surface area contributed by atoms with Gasteiger partial charge in [0.25, 0.3) is 5.56 Å². The normalized spacial score (nSPS) is 11.0. The Balaban J connectivity index is 2.06. The third-order valence-corrected chi connectivity index (χ3v) is 3.29. The summed E-state index contributed by atoms with van der Waals surface area (Å²) in [5, 5.41) is 15.6. The van der Waals surface area contributed by atoms with Crippen LogP contribution in [0.2, 0.25) is 5.02 Å². The first-order chi connectivity index (χ1) is 10.2. The molecule has 0 atom stereocenters. The minimum Gasteiger partial charge on any atom is -0.395 e. The minimum atomic E-state index is -0.487. The summed E-state index contributed by atoms with van der Waals surface area (Å²) in [6.07, 6.45) is 1.42. The predicted octanol–water partition coefficient (Wildman–Crippen LogP) is 1.17. The Labute approximate surface area is 124 Å². The maximum atomic E-state index is 12.2. The number of hydrogen-bond acceptors (Lipinski definition) is 5. The van der Waals surface area contributed by atoms with E-state index in [1.54, 1.807) is 0 Å². The molecule has 2 heterocycles. The van der Waals surface area contributed by atoms with Crippen LogP contribution >= 0.6 is 11.6 Å². The Bertz CT molecular complexity index is 809. The van der Waals surface area contributed by atoms with Crippen LogP contribution in [-0.2, 0) is 0 Å². The molecular weight excluding hydrogens is 294 g/mol. The van der Waals surface area contributed by atoms with Gasteiger partial charge in [0.2, 0.25) is 5.95 Å². The minimum absolute atomic E-state index is 0.00101. The van der Waals surface area contributed by atoms with Crippen LogP contribution in [0.25, 0.3) is 17.0 Å². The monoisotopic (exact) mass is 305 g/mol. The summed E-state index contributed by atoms with van der Waals surface area (Å²) in [6.45, 7) is 0.221. The zero-order valence-corrected chi connectivity index (χ0v) is 11.6.